The molecule has 1 fully saturated rings. The van der Waals surface area contributed by atoms with Crippen molar-refractivity contribution < 1.29 is 14.7 Å². The van der Waals surface area contributed by atoms with Crippen molar-refractivity contribution in [2.45, 2.75) is 38.1 Å². The van der Waals surface area contributed by atoms with Crippen LogP contribution in [0.5, 0.6) is 0 Å². The van der Waals surface area contributed by atoms with Gasteiger partial charge in [0.2, 0.25) is 5.91 Å². The summed E-state index contributed by atoms with van der Waals surface area (Å²) in [5.41, 5.74) is 0.706. The Balaban J connectivity index is 2.03. The van der Waals surface area contributed by atoms with E-state index in [2.05, 4.69) is 5.32 Å². The molecule has 4 nitrogen and oxygen atoms in total. The number of carboxylic acids is 1. The molecule has 0 aromatic heterocycles. The van der Waals surface area contributed by atoms with Crippen LogP contribution in [0.1, 0.15) is 37.7 Å². The predicted octanol–water partition coefficient (Wildman–Crippen LogP) is 3.47. The highest BCUT2D eigenvalue weighted by Crippen LogP contribution is 2.33. The maximum atomic E-state index is 12.2. The smallest absolute Gasteiger partial charge is 0.326 e. The van der Waals surface area contributed by atoms with Crippen molar-refractivity contribution in [1.29, 1.82) is 0 Å². The Hall–Kier alpha value is -1.26. The topological polar surface area (TPSA) is 66.4 Å². The van der Waals surface area contributed by atoms with Gasteiger partial charge in [-0.25, -0.2) is 4.79 Å². The van der Waals surface area contributed by atoms with Crippen molar-refractivity contribution in [3.05, 3.63) is 33.8 Å². The Morgan fingerprint density at radius 3 is 2.52 bits per heavy atom. The second kappa shape index (κ2) is 6.67. The van der Waals surface area contributed by atoms with E-state index < -0.39 is 17.9 Å². The molecule has 1 amide bonds. The highest BCUT2D eigenvalue weighted by atomic mass is 35.5. The van der Waals surface area contributed by atoms with Crippen molar-refractivity contribution in [2.24, 2.45) is 5.92 Å². The normalized spacial score (nSPS) is 17.1. The largest absolute Gasteiger partial charge is 0.480 e. The number of rotatable bonds is 6. The average Bonchev–Trinajstić information content (AvgIpc) is 3.24. The first-order chi connectivity index (χ1) is 9.88. The van der Waals surface area contributed by atoms with Crippen molar-refractivity contribution >= 4 is 35.1 Å². The number of carboxylic acid groups (broad SMARTS) is 1. The summed E-state index contributed by atoms with van der Waals surface area (Å²) in [6.07, 6.45) is 2.58. The van der Waals surface area contributed by atoms with Gasteiger partial charge in [-0.2, -0.15) is 0 Å². The van der Waals surface area contributed by atoms with Gasteiger partial charge in [0, 0.05) is 0 Å². The van der Waals surface area contributed by atoms with Crippen molar-refractivity contribution in [3.63, 3.8) is 0 Å². The molecule has 0 radical (unpaired) electrons. The van der Waals surface area contributed by atoms with Crippen LogP contribution in [0.4, 0.5) is 0 Å². The molecular formula is C15H17Cl2NO3. The van der Waals surface area contributed by atoms with Crippen molar-refractivity contribution in [2.75, 3.05) is 0 Å². The number of hydrogen-bond donors (Lipinski definition) is 2. The average molecular weight is 330 g/mol. The Labute approximate surface area is 133 Å². The second-order valence-corrected chi connectivity index (χ2v) is 6.29. The number of halogens is 2. The Morgan fingerprint density at radius 1 is 1.33 bits per heavy atom. The molecule has 1 saturated carbocycles. The van der Waals surface area contributed by atoms with Gasteiger partial charge >= 0.3 is 5.97 Å². The molecule has 2 rings (SSSR count). The van der Waals surface area contributed by atoms with E-state index in [9.17, 15) is 14.7 Å². The zero-order chi connectivity index (χ0) is 15.6. The van der Waals surface area contributed by atoms with Crippen LogP contribution in [0, 0.1) is 5.92 Å². The maximum absolute atomic E-state index is 12.2. The summed E-state index contributed by atoms with van der Waals surface area (Å²) in [6, 6.07) is 4.15. The minimum Gasteiger partial charge on any atom is -0.480 e. The Morgan fingerprint density at radius 2 is 2.00 bits per heavy atom. The number of nitrogens with one attached hydrogen (secondary N) is 1. The van der Waals surface area contributed by atoms with E-state index in [0.717, 1.165) is 12.8 Å². The molecule has 6 heteroatoms. The van der Waals surface area contributed by atoms with Crippen LogP contribution < -0.4 is 5.32 Å². The number of amides is 1. The zero-order valence-corrected chi connectivity index (χ0v) is 13.1. The molecule has 0 heterocycles. The third-order valence-corrected chi connectivity index (χ3v) is 4.46. The highest BCUT2D eigenvalue weighted by Gasteiger charge is 2.31. The van der Waals surface area contributed by atoms with Crippen LogP contribution in [0.3, 0.4) is 0 Å². The van der Waals surface area contributed by atoms with E-state index in [1.54, 1.807) is 25.1 Å². The van der Waals surface area contributed by atoms with E-state index in [1.807, 2.05) is 0 Å². The van der Waals surface area contributed by atoms with Gasteiger partial charge in [-0.3, -0.25) is 4.79 Å². The molecule has 0 spiro atoms. The summed E-state index contributed by atoms with van der Waals surface area (Å²) >= 11 is 11.8. The second-order valence-electron chi connectivity index (χ2n) is 5.47. The summed E-state index contributed by atoms with van der Waals surface area (Å²) in [6.45, 7) is 1.71. The number of hydrogen-bond acceptors (Lipinski definition) is 2. The standard InChI is InChI=1S/C15H17Cl2NO3/c1-8(10-4-5-11(16)12(17)7-10)14(19)18-13(15(20)21)6-9-2-3-9/h4-5,7-9,13H,2-3,6H2,1H3,(H,18,19)(H,20,21). The third-order valence-electron chi connectivity index (χ3n) is 3.72. The fourth-order valence-corrected chi connectivity index (χ4v) is 2.44. The zero-order valence-electron chi connectivity index (χ0n) is 11.6. The number of benzene rings is 1. The first-order valence-electron chi connectivity index (χ1n) is 6.86. The fourth-order valence-electron chi connectivity index (χ4n) is 2.14. The monoisotopic (exact) mass is 329 g/mol. The molecule has 2 atom stereocenters. The minimum atomic E-state index is -0.989. The summed E-state index contributed by atoms with van der Waals surface area (Å²) in [7, 11) is 0. The molecule has 2 N–H and O–H groups in total. The first-order valence-corrected chi connectivity index (χ1v) is 7.62. The maximum Gasteiger partial charge on any atom is 0.326 e. The molecular weight excluding hydrogens is 313 g/mol. The van der Waals surface area contributed by atoms with Gasteiger partial charge in [-0.15, -0.1) is 0 Å². The van der Waals surface area contributed by atoms with Gasteiger partial charge < -0.3 is 10.4 Å². The highest BCUT2D eigenvalue weighted by molar-refractivity contribution is 6.42. The SMILES string of the molecule is CC(C(=O)NC(CC1CC1)C(=O)O)c1ccc(Cl)c(Cl)c1. The third kappa shape index (κ3) is 4.35. The first kappa shape index (κ1) is 16.1. The lowest BCUT2D eigenvalue weighted by molar-refractivity contribution is -0.142. The van der Waals surface area contributed by atoms with E-state index in [4.69, 9.17) is 23.2 Å². The summed E-state index contributed by atoms with van der Waals surface area (Å²) in [4.78, 5) is 23.4. The van der Waals surface area contributed by atoms with E-state index in [1.165, 1.54) is 0 Å². The molecule has 0 aliphatic heterocycles. The predicted molar refractivity (Wildman–Crippen MR) is 81.8 cm³/mol. The van der Waals surface area contributed by atoms with Crippen molar-refractivity contribution in [1.82, 2.24) is 5.32 Å². The van der Waals surface area contributed by atoms with Crippen LogP contribution in [0.2, 0.25) is 10.0 Å². The molecule has 21 heavy (non-hydrogen) atoms. The molecule has 0 bridgehead atoms. The number of carbonyl (C=O) groups is 2. The minimum absolute atomic E-state index is 0.318. The van der Waals surface area contributed by atoms with Crippen LogP contribution in [0.25, 0.3) is 0 Å². The molecule has 0 saturated heterocycles. The van der Waals surface area contributed by atoms with E-state index >= 15 is 0 Å². The van der Waals surface area contributed by atoms with Crippen molar-refractivity contribution in [3.8, 4) is 0 Å². The molecule has 114 valence electrons. The van der Waals surface area contributed by atoms with Gasteiger partial charge in [0.25, 0.3) is 0 Å². The van der Waals surface area contributed by atoms with Gasteiger partial charge in [-0.1, -0.05) is 42.1 Å². The van der Waals surface area contributed by atoms with Crippen LogP contribution in [0.15, 0.2) is 18.2 Å². The lowest BCUT2D eigenvalue weighted by Crippen LogP contribution is -2.42. The van der Waals surface area contributed by atoms with Crippen LogP contribution in [-0.4, -0.2) is 23.0 Å². The Bertz CT molecular complexity index is 558. The molecule has 1 aliphatic carbocycles. The molecule has 2 unspecified atom stereocenters. The van der Waals surface area contributed by atoms with E-state index in [-0.39, 0.29) is 5.91 Å². The van der Waals surface area contributed by atoms with Crippen LogP contribution in [-0.2, 0) is 9.59 Å². The van der Waals surface area contributed by atoms with Gasteiger partial charge in [0.15, 0.2) is 0 Å². The number of carbonyl (C=O) groups excluding carboxylic acids is 1. The van der Waals surface area contributed by atoms with E-state index in [0.29, 0.717) is 27.9 Å². The summed E-state index contributed by atoms with van der Waals surface area (Å²) in [5.74, 6) is -1.37. The number of aliphatic carboxylic acids is 1. The van der Waals surface area contributed by atoms with Gasteiger partial charge in [0.1, 0.15) is 6.04 Å². The lowest BCUT2D eigenvalue weighted by atomic mass is 9.99. The molecule has 1 aromatic carbocycles. The van der Waals surface area contributed by atoms with Gasteiger partial charge in [0.05, 0.1) is 16.0 Å². The Kier molecular flexibility index (Phi) is 5.12. The lowest BCUT2D eigenvalue weighted by Gasteiger charge is -2.18. The summed E-state index contributed by atoms with van der Waals surface area (Å²) in [5, 5.41) is 12.6. The van der Waals surface area contributed by atoms with Gasteiger partial charge in [-0.05, 0) is 37.0 Å². The fraction of sp³-hybridized carbons (Fsp3) is 0.467. The molecule has 1 aromatic rings. The van der Waals surface area contributed by atoms with Crippen LogP contribution >= 0.6 is 23.2 Å². The molecule has 1 aliphatic rings. The quantitative estimate of drug-likeness (QED) is 0.839. The summed E-state index contributed by atoms with van der Waals surface area (Å²) < 4.78 is 0.